The van der Waals surface area contributed by atoms with Crippen LogP contribution in [0.15, 0.2) is 35.3 Å². The van der Waals surface area contributed by atoms with Gasteiger partial charge in [-0.15, -0.1) is 0 Å². The third kappa shape index (κ3) is 2.69. The van der Waals surface area contributed by atoms with Crippen molar-refractivity contribution in [1.29, 1.82) is 5.41 Å². The summed E-state index contributed by atoms with van der Waals surface area (Å²) in [6, 6.07) is 3.75. The van der Waals surface area contributed by atoms with E-state index >= 15 is 0 Å². The number of fused-ring (bicyclic) bond motifs is 1. The van der Waals surface area contributed by atoms with Crippen LogP contribution in [0.4, 0.5) is 5.82 Å². The Bertz CT molecular complexity index is 773. The van der Waals surface area contributed by atoms with Gasteiger partial charge in [0.05, 0.1) is 5.39 Å². The van der Waals surface area contributed by atoms with Gasteiger partial charge in [0.25, 0.3) is 0 Å². The van der Waals surface area contributed by atoms with Gasteiger partial charge in [0.1, 0.15) is 17.3 Å². The summed E-state index contributed by atoms with van der Waals surface area (Å²) in [6.45, 7) is 4.82. The Morgan fingerprint density at radius 2 is 2.14 bits per heavy atom. The first-order valence-corrected chi connectivity index (χ1v) is 7.25. The van der Waals surface area contributed by atoms with E-state index in [1.54, 1.807) is 12.3 Å². The van der Waals surface area contributed by atoms with E-state index in [1.807, 2.05) is 30.0 Å². The quantitative estimate of drug-likeness (QED) is 0.637. The molecule has 3 rings (SSSR count). The molecule has 0 spiro atoms. The first-order valence-electron chi connectivity index (χ1n) is 7.25. The summed E-state index contributed by atoms with van der Waals surface area (Å²) in [7, 11) is 0. The maximum atomic E-state index is 11.7. The van der Waals surface area contributed by atoms with Gasteiger partial charge < -0.3 is 9.80 Å². The number of piperazine rings is 1. The first kappa shape index (κ1) is 14.2. The molecule has 22 heavy (non-hydrogen) atoms. The Hall–Kier alpha value is -2.70. The Morgan fingerprint density at radius 3 is 2.86 bits per heavy atom. The number of allylic oxidation sites excluding steroid dienone is 1. The lowest BCUT2D eigenvalue weighted by Gasteiger charge is -2.36. The summed E-state index contributed by atoms with van der Waals surface area (Å²) in [6.07, 6.45) is 5.31. The normalized spacial score (nSPS) is 15.7. The van der Waals surface area contributed by atoms with E-state index < -0.39 is 0 Å². The number of aromatic amines is 1. The van der Waals surface area contributed by atoms with Gasteiger partial charge in [-0.05, 0) is 25.1 Å². The molecule has 1 aliphatic heterocycles. The number of aromatic nitrogens is 3. The molecule has 0 atom stereocenters. The second kappa shape index (κ2) is 5.97. The molecule has 0 aromatic carbocycles. The van der Waals surface area contributed by atoms with Crippen molar-refractivity contribution in [2.24, 2.45) is 0 Å². The fourth-order valence-electron chi connectivity index (χ4n) is 2.63. The van der Waals surface area contributed by atoms with Crippen molar-refractivity contribution in [3.05, 3.63) is 41.0 Å². The topological polar surface area (TPSA) is 89.0 Å². The number of hydrogen-bond donors (Lipinski definition) is 2. The second-order valence-electron chi connectivity index (χ2n) is 5.12. The molecule has 114 valence electrons. The van der Waals surface area contributed by atoms with Crippen molar-refractivity contribution < 1.29 is 0 Å². The van der Waals surface area contributed by atoms with Gasteiger partial charge in [0.2, 0.25) is 0 Å². The zero-order valence-electron chi connectivity index (χ0n) is 12.4. The molecule has 1 saturated heterocycles. The molecule has 2 N–H and O–H groups in total. The van der Waals surface area contributed by atoms with Crippen LogP contribution in [-0.4, -0.2) is 51.9 Å². The molecule has 0 radical (unpaired) electrons. The minimum absolute atomic E-state index is 0.384. The summed E-state index contributed by atoms with van der Waals surface area (Å²) >= 11 is 0. The Morgan fingerprint density at radius 1 is 1.36 bits per heavy atom. The van der Waals surface area contributed by atoms with E-state index in [-0.39, 0.29) is 5.69 Å². The maximum Gasteiger partial charge on any atom is 0.348 e. The van der Waals surface area contributed by atoms with Gasteiger partial charge >= 0.3 is 5.69 Å². The first-order chi connectivity index (χ1) is 10.7. The van der Waals surface area contributed by atoms with E-state index in [9.17, 15) is 4.79 Å². The van der Waals surface area contributed by atoms with E-state index in [0.29, 0.717) is 17.3 Å². The van der Waals surface area contributed by atoms with Crippen LogP contribution in [-0.2, 0) is 0 Å². The highest BCUT2D eigenvalue weighted by atomic mass is 16.1. The average molecular weight is 298 g/mol. The summed E-state index contributed by atoms with van der Waals surface area (Å²) < 4.78 is 0. The van der Waals surface area contributed by atoms with Crippen LogP contribution in [0.2, 0.25) is 0 Å². The summed E-state index contributed by atoms with van der Waals surface area (Å²) in [4.78, 5) is 26.8. The van der Waals surface area contributed by atoms with Gasteiger partial charge in [-0.2, -0.15) is 4.98 Å². The molecule has 3 heterocycles. The number of anilines is 1. The summed E-state index contributed by atoms with van der Waals surface area (Å²) in [5, 5.41) is 8.81. The number of pyridine rings is 1. The zero-order chi connectivity index (χ0) is 15.5. The largest absolute Gasteiger partial charge is 0.354 e. The van der Waals surface area contributed by atoms with E-state index in [0.717, 1.165) is 31.6 Å². The zero-order valence-corrected chi connectivity index (χ0v) is 12.4. The van der Waals surface area contributed by atoms with Crippen LogP contribution >= 0.6 is 0 Å². The molecule has 7 heteroatoms. The summed E-state index contributed by atoms with van der Waals surface area (Å²) in [5.74, 6) is 1.19. The van der Waals surface area contributed by atoms with Crippen molar-refractivity contribution in [2.75, 3.05) is 31.1 Å². The number of hydrogen-bond acceptors (Lipinski definition) is 5. The average Bonchev–Trinajstić information content (AvgIpc) is 2.54. The lowest BCUT2D eigenvalue weighted by atomic mass is 10.2. The molecular weight excluding hydrogens is 280 g/mol. The van der Waals surface area contributed by atoms with Crippen molar-refractivity contribution >= 4 is 22.7 Å². The molecule has 0 aliphatic carbocycles. The molecule has 0 saturated carbocycles. The van der Waals surface area contributed by atoms with Crippen LogP contribution in [0.25, 0.3) is 11.0 Å². The predicted octanol–water partition coefficient (Wildman–Crippen LogP) is 0.993. The molecule has 1 fully saturated rings. The third-order valence-corrected chi connectivity index (χ3v) is 3.73. The van der Waals surface area contributed by atoms with E-state index in [2.05, 4.69) is 19.9 Å². The molecule has 2 aromatic heterocycles. The molecule has 0 bridgehead atoms. The van der Waals surface area contributed by atoms with E-state index in [1.165, 1.54) is 0 Å². The molecule has 2 aromatic rings. The van der Waals surface area contributed by atoms with Crippen molar-refractivity contribution in [2.45, 2.75) is 6.92 Å². The lowest BCUT2D eigenvalue weighted by Crippen LogP contribution is -2.48. The number of nitrogens with one attached hydrogen (secondary N) is 2. The monoisotopic (exact) mass is 298 g/mol. The highest BCUT2D eigenvalue weighted by molar-refractivity contribution is 5.90. The third-order valence-electron chi connectivity index (χ3n) is 3.73. The number of H-pyrrole nitrogens is 1. The van der Waals surface area contributed by atoms with Crippen LogP contribution < -0.4 is 10.6 Å². The van der Waals surface area contributed by atoms with Crippen molar-refractivity contribution in [1.82, 2.24) is 19.9 Å². The van der Waals surface area contributed by atoms with Crippen LogP contribution in [0.3, 0.4) is 0 Å². The van der Waals surface area contributed by atoms with Gasteiger partial charge in [0.15, 0.2) is 0 Å². The second-order valence-corrected chi connectivity index (χ2v) is 5.12. The maximum absolute atomic E-state index is 11.7. The predicted molar refractivity (Wildman–Crippen MR) is 86.5 cm³/mol. The number of amidine groups is 1. The van der Waals surface area contributed by atoms with Crippen LogP contribution in [0, 0.1) is 5.41 Å². The molecule has 0 amide bonds. The van der Waals surface area contributed by atoms with Gasteiger partial charge in [0, 0.05) is 32.4 Å². The fourth-order valence-corrected chi connectivity index (χ4v) is 2.63. The SMILES string of the molecule is CC=CC(=N)N1CCN(c2nc(=O)[nH]c3ncccc23)CC1. The standard InChI is InChI=1S/C15H18N6O/c1-2-4-12(16)20-7-9-21(10-8-20)14-11-5-3-6-17-13(11)18-15(22)19-14/h2-6,16H,7-10H2,1H3,(H,17,18,19,22). The fraction of sp³-hybridized carbons (Fsp3) is 0.333. The van der Waals surface area contributed by atoms with Gasteiger partial charge in [-0.25, -0.2) is 9.78 Å². The summed E-state index contributed by atoms with van der Waals surface area (Å²) in [5.41, 5.74) is 0.173. The minimum atomic E-state index is -0.384. The van der Waals surface area contributed by atoms with Gasteiger partial charge in [-0.1, -0.05) is 6.08 Å². The highest BCUT2D eigenvalue weighted by Gasteiger charge is 2.21. The van der Waals surface area contributed by atoms with Crippen LogP contribution in [0.1, 0.15) is 6.92 Å². The Labute approximate surface area is 127 Å². The van der Waals surface area contributed by atoms with Gasteiger partial charge in [-0.3, -0.25) is 10.4 Å². The van der Waals surface area contributed by atoms with E-state index in [4.69, 9.17) is 5.41 Å². The molecule has 0 unspecified atom stereocenters. The van der Waals surface area contributed by atoms with Crippen molar-refractivity contribution in [3.63, 3.8) is 0 Å². The molecule has 7 nitrogen and oxygen atoms in total. The smallest absolute Gasteiger partial charge is 0.348 e. The molecular formula is C15H18N6O. The van der Waals surface area contributed by atoms with Crippen LogP contribution in [0.5, 0.6) is 0 Å². The Balaban J connectivity index is 1.85. The Kier molecular flexibility index (Phi) is 3.86. The highest BCUT2D eigenvalue weighted by Crippen LogP contribution is 2.21. The minimum Gasteiger partial charge on any atom is -0.354 e. The molecule has 1 aliphatic rings. The lowest BCUT2D eigenvalue weighted by molar-refractivity contribution is 0.384. The number of nitrogens with zero attached hydrogens (tertiary/aromatic N) is 4. The van der Waals surface area contributed by atoms with Crippen molar-refractivity contribution in [3.8, 4) is 0 Å². The number of rotatable bonds is 2.